The largest absolute Gasteiger partial charge is 0.454 e. The molecule has 2 fully saturated rings. The molecule has 2 heterocycles. The maximum Gasteiger partial charge on any atom is 0.454 e. The van der Waals surface area contributed by atoms with Gasteiger partial charge in [0.1, 0.15) is 6.04 Å². The molecule has 0 N–H and O–H groups in total. The Labute approximate surface area is 127 Å². The van der Waals surface area contributed by atoms with Crippen LogP contribution in [0.2, 0.25) is 0 Å². The van der Waals surface area contributed by atoms with E-state index >= 15 is 0 Å². The van der Waals surface area contributed by atoms with Gasteiger partial charge in [0, 0.05) is 31.9 Å². The fourth-order valence-corrected chi connectivity index (χ4v) is 2.99. The van der Waals surface area contributed by atoms with Gasteiger partial charge >= 0.3 is 6.18 Å². The zero-order valence-electron chi connectivity index (χ0n) is 12.4. The number of carbonyl (C=O) groups is 2. The summed E-state index contributed by atoms with van der Waals surface area (Å²) in [4.78, 5) is 26.8. The first-order valence-electron chi connectivity index (χ1n) is 7.73. The fourth-order valence-electron chi connectivity index (χ4n) is 2.99. The number of halogens is 3. The van der Waals surface area contributed by atoms with Gasteiger partial charge in [-0.25, -0.2) is 0 Å². The molecule has 0 aliphatic carbocycles. The summed E-state index contributed by atoms with van der Waals surface area (Å²) in [5.74, 6) is -1.91. The maximum absolute atomic E-state index is 12.5. The average Bonchev–Trinajstić information content (AvgIpc) is 2.75. The lowest BCUT2D eigenvalue weighted by Crippen LogP contribution is -2.44. The Morgan fingerprint density at radius 2 is 1.59 bits per heavy atom. The van der Waals surface area contributed by atoms with E-state index in [-0.39, 0.29) is 5.91 Å². The predicted octanol–water partition coefficient (Wildman–Crippen LogP) is 2.50. The van der Waals surface area contributed by atoms with Crippen molar-refractivity contribution in [1.29, 1.82) is 0 Å². The van der Waals surface area contributed by atoms with Gasteiger partial charge in [-0.3, -0.25) is 9.59 Å². The molecule has 2 rings (SSSR count). The summed E-state index contributed by atoms with van der Waals surface area (Å²) in [7, 11) is 0. The molecule has 2 aliphatic rings. The van der Waals surface area contributed by atoms with Crippen molar-refractivity contribution in [1.82, 2.24) is 9.80 Å². The smallest absolute Gasteiger partial charge is 0.365 e. The monoisotopic (exact) mass is 318 g/mol. The van der Waals surface area contributed by atoms with E-state index in [2.05, 4.69) is 0 Å². The van der Waals surface area contributed by atoms with Crippen LogP contribution in [0.3, 0.4) is 0 Å². The number of allylic oxidation sites excluding steroid dienone is 1. The van der Waals surface area contributed by atoms with Crippen molar-refractivity contribution < 1.29 is 22.8 Å². The minimum absolute atomic E-state index is 0.0245. The summed E-state index contributed by atoms with van der Waals surface area (Å²) >= 11 is 0. The van der Waals surface area contributed by atoms with Gasteiger partial charge in [-0.2, -0.15) is 13.2 Å². The van der Waals surface area contributed by atoms with E-state index in [1.807, 2.05) is 4.90 Å². The van der Waals surface area contributed by atoms with E-state index in [9.17, 15) is 22.8 Å². The van der Waals surface area contributed by atoms with Crippen molar-refractivity contribution in [2.75, 3.05) is 19.6 Å². The minimum atomic E-state index is -4.86. The molecular formula is C15H21F3N2O2. The van der Waals surface area contributed by atoms with Crippen LogP contribution in [0.15, 0.2) is 12.3 Å². The van der Waals surface area contributed by atoms with Crippen molar-refractivity contribution in [3.8, 4) is 0 Å². The Kier molecular flexibility index (Phi) is 5.47. The summed E-state index contributed by atoms with van der Waals surface area (Å²) in [6.07, 6.45) is 2.32. The van der Waals surface area contributed by atoms with E-state index in [0.29, 0.717) is 32.1 Å². The number of hydrogen-bond acceptors (Lipinski definition) is 3. The summed E-state index contributed by atoms with van der Waals surface area (Å²) < 4.78 is 36.7. The van der Waals surface area contributed by atoms with Gasteiger partial charge in [0.15, 0.2) is 0 Å². The lowest BCUT2D eigenvalue weighted by Gasteiger charge is -2.28. The molecule has 4 nitrogen and oxygen atoms in total. The summed E-state index contributed by atoms with van der Waals surface area (Å²) in [6, 6.07) is -0.435. The van der Waals surface area contributed by atoms with E-state index in [1.165, 1.54) is 0 Å². The third kappa shape index (κ3) is 4.24. The van der Waals surface area contributed by atoms with Gasteiger partial charge in [0.25, 0.3) is 5.78 Å². The molecule has 0 aromatic rings. The van der Waals surface area contributed by atoms with E-state index < -0.39 is 18.0 Å². The molecule has 0 radical (unpaired) electrons. The van der Waals surface area contributed by atoms with E-state index in [0.717, 1.165) is 38.3 Å². The normalized spacial score (nSPS) is 23.9. The molecule has 0 saturated carbocycles. The van der Waals surface area contributed by atoms with Crippen LogP contribution >= 0.6 is 0 Å². The molecule has 0 aromatic heterocycles. The Morgan fingerprint density at radius 3 is 2.18 bits per heavy atom. The fraction of sp³-hybridized carbons (Fsp3) is 0.733. The van der Waals surface area contributed by atoms with Gasteiger partial charge in [-0.15, -0.1) is 0 Å². The summed E-state index contributed by atoms with van der Waals surface area (Å²) in [5, 5.41) is 0. The second kappa shape index (κ2) is 7.15. The number of ketones is 1. The summed E-state index contributed by atoms with van der Waals surface area (Å²) in [6.45, 7) is 1.94. The van der Waals surface area contributed by atoms with Gasteiger partial charge in [-0.05, 0) is 25.7 Å². The Morgan fingerprint density at radius 1 is 0.955 bits per heavy atom. The van der Waals surface area contributed by atoms with Crippen LogP contribution in [0.5, 0.6) is 0 Å². The predicted molar refractivity (Wildman–Crippen MR) is 75.0 cm³/mol. The standard InChI is InChI=1S/C15H21F3N2O2/c16-15(17,18)13(21)7-11-19-10-5-6-12(19)14(22)20-8-3-1-2-4-9-20/h7,11-12H,1-6,8-10H2/b11-7+. The van der Waals surface area contributed by atoms with Crippen LogP contribution in [-0.4, -0.2) is 53.3 Å². The molecule has 1 amide bonds. The van der Waals surface area contributed by atoms with Crippen LogP contribution in [-0.2, 0) is 9.59 Å². The molecule has 124 valence electrons. The number of amides is 1. The van der Waals surface area contributed by atoms with Crippen molar-refractivity contribution >= 4 is 11.7 Å². The molecule has 2 saturated heterocycles. The van der Waals surface area contributed by atoms with Crippen molar-refractivity contribution in [2.24, 2.45) is 0 Å². The number of alkyl halides is 3. The second-order valence-electron chi connectivity index (χ2n) is 5.81. The third-order valence-electron chi connectivity index (χ3n) is 4.19. The third-order valence-corrected chi connectivity index (χ3v) is 4.19. The molecule has 2 aliphatic heterocycles. The van der Waals surface area contributed by atoms with Crippen molar-refractivity contribution in [2.45, 2.75) is 50.7 Å². The van der Waals surface area contributed by atoms with E-state index in [1.54, 1.807) is 4.90 Å². The highest BCUT2D eigenvalue weighted by Gasteiger charge is 2.37. The molecule has 1 unspecified atom stereocenters. The first-order valence-corrected chi connectivity index (χ1v) is 7.73. The first-order chi connectivity index (χ1) is 10.4. The quantitative estimate of drug-likeness (QED) is 0.751. The topological polar surface area (TPSA) is 40.6 Å². The van der Waals surface area contributed by atoms with Gasteiger partial charge in [0.2, 0.25) is 5.91 Å². The maximum atomic E-state index is 12.5. The average molecular weight is 318 g/mol. The molecule has 0 bridgehead atoms. The SMILES string of the molecule is O=C(C1CCCN1/C=C/C(=O)C(F)(F)F)N1CCCCCC1. The van der Waals surface area contributed by atoms with Gasteiger partial charge in [-0.1, -0.05) is 12.8 Å². The Balaban J connectivity index is 1.99. The number of rotatable bonds is 3. The van der Waals surface area contributed by atoms with Crippen molar-refractivity contribution in [3.05, 3.63) is 12.3 Å². The molecular weight excluding hydrogens is 297 g/mol. The second-order valence-corrected chi connectivity index (χ2v) is 5.81. The van der Waals surface area contributed by atoms with Crippen LogP contribution in [0.4, 0.5) is 13.2 Å². The minimum Gasteiger partial charge on any atom is -0.365 e. The van der Waals surface area contributed by atoms with Gasteiger partial charge < -0.3 is 9.80 Å². The zero-order valence-corrected chi connectivity index (χ0v) is 12.4. The number of hydrogen-bond donors (Lipinski definition) is 0. The van der Waals surface area contributed by atoms with Crippen LogP contribution in [0.1, 0.15) is 38.5 Å². The van der Waals surface area contributed by atoms with Crippen LogP contribution < -0.4 is 0 Å². The van der Waals surface area contributed by atoms with E-state index in [4.69, 9.17) is 0 Å². The highest BCUT2D eigenvalue weighted by Crippen LogP contribution is 2.22. The van der Waals surface area contributed by atoms with Crippen LogP contribution in [0, 0.1) is 0 Å². The highest BCUT2D eigenvalue weighted by atomic mass is 19.4. The Bertz CT molecular complexity index is 441. The van der Waals surface area contributed by atoms with Gasteiger partial charge in [0.05, 0.1) is 0 Å². The van der Waals surface area contributed by atoms with Crippen molar-refractivity contribution in [3.63, 3.8) is 0 Å². The highest BCUT2D eigenvalue weighted by molar-refractivity contribution is 5.94. The van der Waals surface area contributed by atoms with Crippen LogP contribution in [0.25, 0.3) is 0 Å². The number of nitrogens with zero attached hydrogens (tertiary/aromatic N) is 2. The summed E-state index contributed by atoms with van der Waals surface area (Å²) in [5.41, 5.74) is 0. The molecule has 0 spiro atoms. The Hall–Kier alpha value is -1.53. The molecule has 1 atom stereocenters. The number of likely N-dealkylation sites (tertiary alicyclic amines) is 2. The molecule has 7 heteroatoms. The molecule has 22 heavy (non-hydrogen) atoms. The zero-order chi connectivity index (χ0) is 16.2. The number of carbonyl (C=O) groups excluding carboxylic acids is 2. The lowest BCUT2D eigenvalue weighted by atomic mass is 10.2. The molecule has 0 aromatic carbocycles. The lowest BCUT2D eigenvalue weighted by molar-refractivity contribution is -0.165. The first kappa shape index (κ1) is 16.8.